The number of furan rings is 1. The molecule has 4 nitrogen and oxygen atoms in total. The van der Waals surface area contributed by atoms with Crippen LogP contribution in [0.4, 0.5) is 5.69 Å². The van der Waals surface area contributed by atoms with Crippen molar-refractivity contribution in [3.63, 3.8) is 0 Å². The molecule has 0 aliphatic rings. The van der Waals surface area contributed by atoms with Gasteiger partial charge in [-0.2, -0.15) is 0 Å². The van der Waals surface area contributed by atoms with Crippen LogP contribution in [0.15, 0.2) is 39.2 Å². The molecule has 0 aliphatic carbocycles. The normalized spacial score (nSPS) is 12.0. The Labute approximate surface area is 130 Å². The summed E-state index contributed by atoms with van der Waals surface area (Å²) in [4.78, 5) is 11.3. The van der Waals surface area contributed by atoms with Crippen molar-refractivity contribution in [3.05, 3.63) is 51.3 Å². The smallest absolute Gasteiger partial charge is 0.373 e. The number of methoxy groups -OCH3 is 1. The van der Waals surface area contributed by atoms with E-state index in [4.69, 9.17) is 16.0 Å². The largest absolute Gasteiger partial charge is 0.463 e. The fourth-order valence-corrected chi connectivity index (χ4v) is 2.24. The average molecular weight is 359 g/mol. The van der Waals surface area contributed by atoms with Gasteiger partial charge in [0.1, 0.15) is 5.76 Å². The summed E-state index contributed by atoms with van der Waals surface area (Å²) >= 11 is 9.51. The number of carbonyl (C=O) groups is 1. The molecule has 0 saturated carbocycles. The molecule has 1 unspecified atom stereocenters. The highest BCUT2D eigenvalue weighted by Gasteiger charge is 2.16. The summed E-state index contributed by atoms with van der Waals surface area (Å²) in [6, 6.07) is 8.71. The van der Waals surface area contributed by atoms with E-state index >= 15 is 0 Å². The zero-order valence-electron chi connectivity index (χ0n) is 10.9. The first kappa shape index (κ1) is 14.9. The van der Waals surface area contributed by atoms with Gasteiger partial charge in [0.25, 0.3) is 0 Å². The lowest BCUT2D eigenvalue weighted by atomic mass is 10.2. The molecule has 0 bridgehead atoms. The molecule has 20 heavy (non-hydrogen) atoms. The molecule has 1 aromatic carbocycles. The molecule has 2 rings (SSSR count). The van der Waals surface area contributed by atoms with E-state index in [0.29, 0.717) is 10.8 Å². The Balaban J connectivity index is 2.15. The lowest BCUT2D eigenvalue weighted by Crippen LogP contribution is -2.06. The van der Waals surface area contributed by atoms with E-state index in [1.165, 1.54) is 7.11 Å². The van der Waals surface area contributed by atoms with Crippen LogP contribution in [-0.4, -0.2) is 13.1 Å². The predicted molar refractivity (Wildman–Crippen MR) is 81.2 cm³/mol. The molecule has 6 heteroatoms. The van der Waals surface area contributed by atoms with Crippen molar-refractivity contribution in [1.29, 1.82) is 0 Å². The van der Waals surface area contributed by atoms with Crippen LogP contribution in [0.5, 0.6) is 0 Å². The predicted octanol–water partition coefficient (Wildman–Crippen LogP) is 4.66. The lowest BCUT2D eigenvalue weighted by Gasteiger charge is -2.14. The van der Waals surface area contributed by atoms with E-state index in [0.717, 1.165) is 10.2 Å². The number of hydrogen-bond acceptors (Lipinski definition) is 4. The molecule has 1 atom stereocenters. The number of ether oxygens (including phenoxy) is 1. The van der Waals surface area contributed by atoms with Crippen LogP contribution in [0.25, 0.3) is 0 Å². The maximum Gasteiger partial charge on any atom is 0.373 e. The van der Waals surface area contributed by atoms with Gasteiger partial charge in [0.05, 0.1) is 23.9 Å². The fraction of sp³-hybridized carbons (Fsp3) is 0.214. The van der Waals surface area contributed by atoms with Crippen LogP contribution in [0.3, 0.4) is 0 Å². The maximum absolute atomic E-state index is 11.3. The minimum Gasteiger partial charge on any atom is -0.463 e. The van der Waals surface area contributed by atoms with Crippen molar-refractivity contribution in [2.45, 2.75) is 13.0 Å². The average Bonchev–Trinajstić information content (AvgIpc) is 2.91. The molecule has 0 amide bonds. The molecule has 0 spiro atoms. The second-order valence-electron chi connectivity index (χ2n) is 4.18. The SMILES string of the molecule is COC(=O)c1ccc(C(C)Nc2cc(Br)ccc2Cl)o1. The van der Waals surface area contributed by atoms with Gasteiger partial charge in [-0.1, -0.05) is 27.5 Å². The lowest BCUT2D eigenvalue weighted by molar-refractivity contribution is 0.0562. The van der Waals surface area contributed by atoms with E-state index in [2.05, 4.69) is 26.0 Å². The van der Waals surface area contributed by atoms with Gasteiger partial charge in [-0.25, -0.2) is 4.79 Å². The van der Waals surface area contributed by atoms with Gasteiger partial charge < -0.3 is 14.5 Å². The van der Waals surface area contributed by atoms with Gasteiger partial charge in [-0.15, -0.1) is 0 Å². The van der Waals surface area contributed by atoms with Gasteiger partial charge in [-0.05, 0) is 37.3 Å². The Morgan fingerprint density at radius 3 is 2.85 bits per heavy atom. The van der Waals surface area contributed by atoms with E-state index < -0.39 is 5.97 Å². The van der Waals surface area contributed by atoms with Crippen molar-refractivity contribution in [1.82, 2.24) is 0 Å². The summed E-state index contributed by atoms with van der Waals surface area (Å²) in [5.41, 5.74) is 0.782. The topological polar surface area (TPSA) is 51.5 Å². The van der Waals surface area contributed by atoms with Gasteiger partial charge in [-0.3, -0.25) is 0 Å². The first-order valence-electron chi connectivity index (χ1n) is 5.91. The molecular formula is C14H13BrClNO3. The first-order valence-corrected chi connectivity index (χ1v) is 7.08. The second-order valence-corrected chi connectivity index (χ2v) is 5.51. The van der Waals surface area contributed by atoms with Crippen LogP contribution in [0.2, 0.25) is 5.02 Å². The van der Waals surface area contributed by atoms with Crippen LogP contribution in [0.1, 0.15) is 29.3 Å². The minimum absolute atomic E-state index is 0.139. The number of halogens is 2. The number of benzene rings is 1. The second kappa shape index (κ2) is 6.33. The molecule has 2 aromatic rings. The summed E-state index contributed by atoms with van der Waals surface area (Å²) < 4.78 is 11.0. The van der Waals surface area contributed by atoms with Gasteiger partial charge in [0.2, 0.25) is 5.76 Å². The zero-order valence-corrected chi connectivity index (χ0v) is 13.3. The minimum atomic E-state index is -0.496. The molecule has 0 fully saturated rings. The number of carbonyl (C=O) groups excluding carboxylic acids is 1. The van der Waals surface area contributed by atoms with Gasteiger partial charge in [0.15, 0.2) is 0 Å². The molecule has 0 radical (unpaired) electrons. The third kappa shape index (κ3) is 3.35. The summed E-state index contributed by atoms with van der Waals surface area (Å²) in [6.07, 6.45) is 0. The Bertz CT molecular complexity index is 627. The summed E-state index contributed by atoms with van der Waals surface area (Å²) in [5, 5.41) is 3.84. The molecule has 106 valence electrons. The highest BCUT2D eigenvalue weighted by atomic mass is 79.9. The Morgan fingerprint density at radius 2 is 2.15 bits per heavy atom. The Morgan fingerprint density at radius 1 is 1.40 bits per heavy atom. The first-order chi connectivity index (χ1) is 9.51. The molecule has 1 N–H and O–H groups in total. The van der Waals surface area contributed by atoms with E-state index in [1.54, 1.807) is 18.2 Å². The Hall–Kier alpha value is -1.46. The molecular weight excluding hydrogens is 346 g/mol. The summed E-state index contributed by atoms with van der Waals surface area (Å²) in [5.74, 6) is 0.307. The van der Waals surface area contributed by atoms with Crippen molar-refractivity contribution < 1.29 is 13.9 Å². The number of esters is 1. The van der Waals surface area contributed by atoms with Crippen LogP contribution in [-0.2, 0) is 4.74 Å². The monoisotopic (exact) mass is 357 g/mol. The van der Waals surface area contributed by atoms with Crippen LogP contribution < -0.4 is 5.32 Å². The molecule has 0 aliphatic heterocycles. The molecule has 0 saturated heterocycles. The summed E-state index contributed by atoms with van der Waals surface area (Å²) in [6.45, 7) is 1.91. The zero-order chi connectivity index (χ0) is 14.7. The van der Waals surface area contributed by atoms with Crippen molar-refractivity contribution in [2.24, 2.45) is 0 Å². The quantitative estimate of drug-likeness (QED) is 0.808. The third-order valence-corrected chi connectivity index (χ3v) is 3.56. The van der Waals surface area contributed by atoms with E-state index in [1.807, 2.05) is 19.1 Å². The number of rotatable bonds is 4. The third-order valence-electron chi connectivity index (χ3n) is 2.74. The Kier molecular flexibility index (Phi) is 4.73. The number of nitrogens with one attached hydrogen (secondary N) is 1. The van der Waals surface area contributed by atoms with Crippen LogP contribution >= 0.6 is 27.5 Å². The standard InChI is InChI=1S/C14H13BrClNO3/c1-8(12-5-6-13(20-12)14(18)19-2)17-11-7-9(15)3-4-10(11)16/h3-8,17H,1-2H3. The van der Waals surface area contributed by atoms with Gasteiger partial charge >= 0.3 is 5.97 Å². The highest BCUT2D eigenvalue weighted by Crippen LogP contribution is 2.29. The number of hydrogen-bond donors (Lipinski definition) is 1. The van der Waals surface area contributed by atoms with Crippen LogP contribution in [0, 0.1) is 0 Å². The number of anilines is 1. The van der Waals surface area contributed by atoms with Crippen molar-refractivity contribution in [3.8, 4) is 0 Å². The van der Waals surface area contributed by atoms with Crippen molar-refractivity contribution >= 4 is 39.2 Å². The van der Waals surface area contributed by atoms with Crippen molar-refractivity contribution in [2.75, 3.05) is 12.4 Å². The summed E-state index contributed by atoms with van der Waals surface area (Å²) in [7, 11) is 1.31. The fourth-order valence-electron chi connectivity index (χ4n) is 1.71. The van der Waals surface area contributed by atoms with Gasteiger partial charge in [0, 0.05) is 4.47 Å². The molecule has 1 heterocycles. The molecule has 1 aromatic heterocycles. The van der Waals surface area contributed by atoms with E-state index in [-0.39, 0.29) is 11.8 Å². The maximum atomic E-state index is 11.3. The highest BCUT2D eigenvalue weighted by molar-refractivity contribution is 9.10. The van der Waals surface area contributed by atoms with E-state index in [9.17, 15) is 4.79 Å².